The lowest BCUT2D eigenvalue weighted by molar-refractivity contribution is 0.102. The zero-order valence-electron chi connectivity index (χ0n) is 19.2. The molecule has 2 heterocycles. The van der Waals surface area contributed by atoms with Gasteiger partial charge in [-0.1, -0.05) is 36.4 Å². The molecule has 0 unspecified atom stereocenters. The molecule has 6 heteroatoms. The number of hydrogen-bond acceptors (Lipinski definition) is 5. The van der Waals surface area contributed by atoms with Crippen molar-refractivity contribution in [1.82, 2.24) is 4.98 Å². The number of aryl methyl sites for hydroxylation is 2. The first-order valence-corrected chi connectivity index (χ1v) is 11.6. The summed E-state index contributed by atoms with van der Waals surface area (Å²) >= 11 is 1.58. The minimum Gasteiger partial charge on any atom is -0.496 e. The number of pyridine rings is 1. The molecular weight excluding hydrogens is 430 g/mol. The van der Waals surface area contributed by atoms with Crippen LogP contribution in [0.3, 0.4) is 0 Å². The number of aromatic nitrogens is 1. The van der Waals surface area contributed by atoms with E-state index in [1.54, 1.807) is 24.6 Å². The van der Waals surface area contributed by atoms with Crippen molar-refractivity contribution in [2.75, 3.05) is 17.7 Å². The molecule has 0 bridgehead atoms. The quantitative estimate of drug-likeness (QED) is 0.331. The third-order valence-electron chi connectivity index (χ3n) is 5.64. The third kappa shape index (κ3) is 4.91. The van der Waals surface area contributed by atoms with Gasteiger partial charge in [0.2, 0.25) is 0 Å². The Morgan fingerprint density at radius 1 is 1.00 bits per heavy atom. The highest BCUT2D eigenvalue weighted by atomic mass is 32.1. The summed E-state index contributed by atoms with van der Waals surface area (Å²) in [5, 5.41) is 7.57. The highest BCUT2D eigenvalue weighted by Crippen LogP contribution is 2.43. The number of para-hydroxylation sites is 1. The van der Waals surface area contributed by atoms with E-state index in [4.69, 9.17) is 4.74 Å². The number of thiophene rings is 1. The molecule has 5 nitrogen and oxygen atoms in total. The molecule has 33 heavy (non-hydrogen) atoms. The van der Waals surface area contributed by atoms with Crippen LogP contribution in [0.25, 0.3) is 0 Å². The molecule has 0 aliphatic carbocycles. The van der Waals surface area contributed by atoms with Crippen molar-refractivity contribution < 1.29 is 9.53 Å². The van der Waals surface area contributed by atoms with Crippen molar-refractivity contribution in [1.29, 1.82) is 0 Å². The van der Waals surface area contributed by atoms with Gasteiger partial charge in [-0.3, -0.25) is 4.79 Å². The monoisotopic (exact) mass is 457 g/mol. The summed E-state index contributed by atoms with van der Waals surface area (Å²) < 4.78 is 5.70. The van der Waals surface area contributed by atoms with Gasteiger partial charge in [0.25, 0.3) is 5.91 Å². The molecule has 1 atom stereocenters. The Morgan fingerprint density at radius 3 is 2.45 bits per heavy atom. The van der Waals surface area contributed by atoms with Gasteiger partial charge < -0.3 is 15.4 Å². The number of methoxy groups -OCH3 is 1. The lowest BCUT2D eigenvalue weighted by atomic mass is 9.95. The van der Waals surface area contributed by atoms with Crippen LogP contribution < -0.4 is 15.4 Å². The normalized spacial score (nSPS) is 11.6. The summed E-state index contributed by atoms with van der Waals surface area (Å²) in [5.41, 5.74) is 4.84. The molecule has 0 fully saturated rings. The van der Waals surface area contributed by atoms with Crippen LogP contribution in [0.5, 0.6) is 5.75 Å². The maximum absolute atomic E-state index is 13.0. The average Bonchev–Trinajstić information content (AvgIpc) is 3.10. The molecule has 0 aliphatic heterocycles. The summed E-state index contributed by atoms with van der Waals surface area (Å²) in [6, 6.07) is 20.9. The molecule has 4 rings (SSSR count). The molecule has 2 aromatic carbocycles. The molecule has 2 aromatic heterocycles. The molecule has 0 spiro atoms. The Bertz CT molecular complexity index is 1270. The van der Waals surface area contributed by atoms with Crippen LogP contribution in [0, 0.1) is 20.8 Å². The number of rotatable bonds is 7. The van der Waals surface area contributed by atoms with E-state index < -0.39 is 0 Å². The predicted octanol–water partition coefficient (Wildman–Crippen LogP) is 6.53. The smallest absolute Gasteiger partial charge is 0.256 e. The van der Waals surface area contributed by atoms with E-state index in [1.807, 2.05) is 73.7 Å². The first kappa shape index (κ1) is 22.6. The molecule has 1 amide bonds. The molecule has 4 aromatic rings. The van der Waals surface area contributed by atoms with Crippen LogP contribution in [-0.2, 0) is 0 Å². The van der Waals surface area contributed by atoms with Crippen LogP contribution in [0.1, 0.15) is 43.5 Å². The Balaban J connectivity index is 1.82. The largest absolute Gasteiger partial charge is 0.496 e. The number of anilines is 2. The molecule has 0 saturated heterocycles. The fraction of sp³-hybridized carbons (Fsp3) is 0.185. The van der Waals surface area contributed by atoms with Gasteiger partial charge in [0.05, 0.1) is 13.2 Å². The van der Waals surface area contributed by atoms with Gasteiger partial charge in [0.15, 0.2) is 0 Å². The zero-order valence-corrected chi connectivity index (χ0v) is 20.0. The summed E-state index contributed by atoms with van der Waals surface area (Å²) in [6.07, 6.45) is 1.79. The lowest BCUT2D eigenvalue weighted by Crippen LogP contribution is -2.18. The Kier molecular flexibility index (Phi) is 6.75. The molecule has 0 saturated carbocycles. The predicted molar refractivity (Wildman–Crippen MR) is 136 cm³/mol. The highest BCUT2D eigenvalue weighted by Gasteiger charge is 2.27. The number of hydrogen-bond donors (Lipinski definition) is 2. The van der Waals surface area contributed by atoms with Gasteiger partial charge in [-0.25, -0.2) is 4.98 Å². The summed E-state index contributed by atoms with van der Waals surface area (Å²) in [4.78, 5) is 18.7. The fourth-order valence-electron chi connectivity index (χ4n) is 3.82. The lowest BCUT2D eigenvalue weighted by Gasteiger charge is -2.24. The molecule has 168 valence electrons. The van der Waals surface area contributed by atoms with Crippen LogP contribution >= 0.6 is 11.3 Å². The van der Waals surface area contributed by atoms with Crippen LogP contribution in [0.15, 0.2) is 72.9 Å². The number of carbonyl (C=O) groups excluding carboxylic acids is 1. The van der Waals surface area contributed by atoms with E-state index in [2.05, 4.69) is 29.5 Å². The number of nitrogens with zero attached hydrogens (tertiary/aromatic N) is 1. The molecule has 0 aliphatic rings. The third-order valence-corrected chi connectivity index (χ3v) is 6.78. The second-order valence-corrected chi connectivity index (χ2v) is 9.11. The summed E-state index contributed by atoms with van der Waals surface area (Å²) in [5.74, 6) is 1.39. The maximum atomic E-state index is 13.0. The second-order valence-electron chi connectivity index (χ2n) is 7.88. The van der Waals surface area contributed by atoms with E-state index in [9.17, 15) is 4.79 Å². The Hall–Kier alpha value is -3.64. The zero-order chi connectivity index (χ0) is 23.4. The number of ether oxygens (including phenoxy) is 1. The van der Waals surface area contributed by atoms with Gasteiger partial charge in [0.1, 0.15) is 16.6 Å². The minimum atomic E-state index is -0.272. The standard InChI is InChI=1S/C27H27N3O2S/c1-17-14-15-28-23(16-17)29-25(21-12-8-9-13-22(21)32-4)24-18(2)19(3)33-27(24)30-26(31)20-10-6-5-7-11-20/h5-16,25H,1-4H3,(H,28,29)(H,30,31)/t25-/m1/s1. The second kappa shape index (κ2) is 9.88. The Morgan fingerprint density at radius 2 is 1.73 bits per heavy atom. The minimum absolute atomic E-state index is 0.134. The van der Waals surface area contributed by atoms with Crippen molar-refractivity contribution in [3.63, 3.8) is 0 Å². The molecular formula is C27H27N3O2S. The van der Waals surface area contributed by atoms with Gasteiger partial charge in [0, 0.05) is 27.8 Å². The van der Waals surface area contributed by atoms with E-state index in [0.29, 0.717) is 5.56 Å². The number of benzene rings is 2. The van der Waals surface area contributed by atoms with Crippen molar-refractivity contribution in [2.45, 2.75) is 26.8 Å². The van der Waals surface area contributed by atoms with Crippen molar-refractivity contribution in [3.05, 3.63) is 106 Å². The first-order valence-electron chi connectivity index (χ1n) is 10.8. The first-order chi connectivity index (χ1) is 16.0. The van der Waals surface area contributed by atoms with Gasteiger partial charge in [-0.05, 0) is 62.2 Å². The maximum Gasteiger partial charge on any atom is 0.256 e. The van der Waals surface area contributed by atoms with Crippen molar-refractivity contribution >= 4 is 28.1 Å². The van der Waals surface area contributed by atoms with Gasteiger partial charge in [-0.2, -0.15) is 0 Å². The van der Waals surface area contributed by atoms with E-state index >= 15 is 0 Å². The fourth-order valence-corrected chi connectivity index (χ4v) is 4.92. The van der Waals surface area contributed by atoms with Crippen molar-refractivity contribution in [2.24, 2.45) is 0 Å². The average molecular weight is 458 g/mol. The number of carbonyl (C=O) groups is 1. The van der Waals surface area contributed by atoms with Gasteiger partial charge >= 0.3 is 0 Å². The number of nitrogens with one attached hydrogen (secondary N) is 2. The van der Waals surface area contributed by atoms with Crippen LogP contribution in [0.4, 0.5) is 10.8 Å². The number of amides is 1. The summed E-state index contributed by atoms with van der Waals surface area (Å²) in [6.45, 7) is 6.20. The molecule has 2 N–H and O–H groups in total. The Labute approximate surface area is 198 Å². The summed E-state index contributed by atoms with van der Waals surface area (Å²) in [7, 11) is 1.67. The van der Waals surface area contributed by atoms with E-state index in [-0.39, 0.29) is 11.9 Å². The van der Waals surface area contributed by atoms with E-state index in [0.717, 1.165) is 43.7 Å². The van der Waals surface area contributed by atoms with Gasteiger partial charge in [-0.15, -0.1) is 11.3 Å². The SMILES string of the molecule is COc1ccccc1[C@@H](Nc1cc(C)ccn1)c1c(NC(=O)c2ccccc2)sc(C)c1C. The van der Waals surface area contributed by atoms with Crippen LogP contribution in [-0.4, -0.2) is 18.0 Å². The van der Waals surface area contributed by atoms with E-state index in [1.165, 1.54) is 0 Å². The molecule has 0 radical (unpaired) electrons. The van der Waals surface area contributed by atoms with Crippen LogP contribution in [0.2, 0.25) is 0 Å². The highest BCUT2D eigenvalue weighted by molar-refractivity contribution is 7.16. The van der Waals surface area contributed by atoms with Crippen molar-refractivity contribution in [3.8, 4) is 5.75 Å². The topological polar surface area (TPSA) is 63.2 Å².